The van der Waals surface area contributed by atoms with Crippen LogP contribution in [0.25, 0.3) is 0 Å². The van der Waals surface area contributed by atoms with Gasteiger partial charge < -0.3 is 10.4 Å². The average Bonchev–Trinajstić information content (AvgIpc) is 2.16. The van der Waals surface area contributed by atoms with Crippen molar-refractivity contribution >= 4 is 11.9 Å². The minimum Gasteiger partial charge on any atom is -0.481 e. The molecule has 0 aromatic rings. The number of aliphatic carboxylic acids is 1. The number of rotatable bonds is 2. The second-order valence-electron chi connectivity index (χ2n) is 3.81. The van der Waals surface area contributed by atoms with E-state index in [1.807, 2.05) is 0 Å². The first-order chi connectivity index (χ1) is 7.32. The Labute approximate surface area is 89.8 Å². The van der Waals surface area contributed by atoms with Crippen molar-refractivity contribution in [2.24, 2.45) is 5.92 Å². The fourth-order valence-electron chi connectivity index (χ4n) is 1.85. The highest BCUT2D eigenvalue weighted by atomic mass is 19.4. The van der Waals surface area contributed by atoms with Gasteiger partial charge in [-0.15, -0.1) is 0 Å². The third-order valence-corrected chi connectivity index (χ3v) is 2.66. The van der Waals surface area contributed by atoms with Crippen LogP contribution in [0.3, 0.4) is 0 Å². The summed E-state index contributed by atoms with van der Waals surface area (Å²) in [5, 5.41) is 10.5. The lowest BCUT2D eigenvalue weighted by molar-refractivity contribution is -0.175. The number of amides is 1. The molecule has 0 aromatic carbocycles. The van der Waals surface area contributed by atoms with Crippen LogP contribution in [0, 0.1) is 5.92 Å². The summed E-state index contributed by atoms with van der Waals surface area (Å²) in [4.78, 5) is 21.4. The number of hydrogen-bond acceptors (Lipinski definition) is 2. The summed E-state index contributed by atoms with van der Waals surface area (Å²) in [6, 6.07) is -0.916. The van der Waals surface area contributed by atoms with Crippen molar-refractivity contribution in [3.05, 3.63) is 0 Å². The van der Waals surface area contributed by atoms with Crippen molar-refractivity contribution in [2.45, 2.75) is 37.9 Å². The van der Waals surface area contributed by atoms with Crippen molar-refractivity contribution in [2.75, 3.05) is 0 Å². The molecule has 2 unspecified atom stereocenters. The summed E-state index contributed by atoms with van der Waals surface area (Å²) in [5.41, 5.74) is 0. The van der Waals surface area contributed by atoms with E-state index in [0.717, 1.165) is 0 Å². The molecule has 0 radical (unpaired) electrons. The molecule has 0 aliphatic heterocycles. The van der Waals surface area contributed by atoms with E-state index in [-0.39, 0.29) is 6.42 Å². The molecule has 0 heterocycles. The molecule has 16 heavy (non-hydrogen) atoms. The zero-order chi connectivity index (χ0) is 12.3. The molecule has 1 amide bonds. The fourth-order valence-corrected chi connectivity index (χ4v) is 1.85. The molecule has 2 N–H and O–H groups in total. The summed E-state index contributed by atoms with van der Waals surface area (Å²) in [5.74, 6) is -4.14. The number of carboxylic acid groups (broad SMARTS) is 1. The molecular formula is C9H12F3NO3. The maximum Gasteiger partial charge on any atom is 0.471 e. The lowest BCUT2D eigenvalue weighted by atomic mass is 9.84. The van der Waals surface area contributed by atoms with Gasteiger partial charge in [-0.1, -0.05) is 12.8 Å². The van der Waals surface area contributed by atoms with Crippen LogP contribution in [-0.2, 0) is 9.59 Å². The van der Waals surface area contributed by atoms with E-state index in [9.17, 15) is 22.8 Å². The monoisotopic (exact) mass is 239 g/mol. The first-order valence-electron chi connectivity index (χ1n) is 4.93. The van der Waals surface area contributed by atoms with Crippen LogP contribution in [-0.4, -0.2) is 29.2 Å². The number of alkyl halides is 3. The molecule has 1 aliphatic rings. The highest BCUT2D eigenvalue weighted by Gasteiger charge is 2.42. The van der Waals surface area contributed by atoms with Gasteiger partial charge >= 0.3 is 18.1 Å². The van der Waals surface area contributed by atoms with Crippen molar-refractivity contribution in [3.8, 4) is 0 Å². The van der Waals surface area contributed by atoms with E-state index in [4.69, 9.17) is 5.11 Å². The van der Waals surface area contributed by atoms with Gasteiger partial charge in [-0.05, 0) is 12.8 Å². The Balaban J connectivity index is 2.63. The molecule has 1 saturated carbocycles. The Morgan fingerprint density at radius 2 is 1.75 bits per heavy atom. The Morgan fingerprint density at radius 1 is 1.19 bits per heavy atom. The summed E-state index contributed by atoms with van der Waals surface area (Å²) in [6.07, 6.45) is -3.08. The highest BCUT2D eigenvalue weighted by molar-refractivity contribution is 5.83. The van der Waals surface area contributed by atoms with Crippen LogP contribution in [0.4, 0.5) is 13.2 Å². The minimum atomic E-state index is -4.96. The number of carboxylic acids is 1. The number of hydrogen-bond donors (Lipinski definition) is 2. The van der Waals surface area contributed by atoms with Gasteiger partial charge in [0.2, 0.25) is 0 Å². The Hall–Kier alpha value is -1.27. The van der Waals surface area contributed by atoms with Gasteiger partial charge in [0.05, 0.1) is 5.92 Å². The average molecular weight is 239 g/mol. The van der Waals surface area contributed by atoms with E-state index >= 15 is 0 Å². The van der Waals surface area contributed by atoms with Gasteiger partial charge in [-0.2, -0.15) is 13.2 Å². The minimum absolute atomic E-state index is 0.277. The Kier molecular flexibility index (Phi) is 3.77. The van der Waals surface area contributed by atoms with Gasteiger partial charge in [-0.3, -0.25) is 9.59 Å². The van der Waals surface area contributed by atoms with Gasteiger partial charge in [0.1, 0.15) is 0 Å². The lowest BCUT2D eigenvalue weighted by Gasteiger charge is -2.29. The smallest absolute Gasteiger partial charge is 0.471 e. The van der Waals surface area contributed by atoms with Crippen LogP contribution in [0.2, 0.25) is 0 Å². The largest absolute Gasteiger partial charge is 0.481 e. The number of nitrogens with one attached hydrogen (secondary N) is 1. The second kappa shape index (κ2) is 4.71. The van der Waals surface area contributed by atoms with Crippen LogP contribution < -0.4 is 5.32 Å². The van der Waals surface area contributed by atoms with Crippen molar-refractivity contribution < 1.29 is 27.9 Å². The van der Waals surface area contributed by atoms with Crippen molar-refractivity contribution in [1.29, 1.82) is 0 Å². The summed E-state index contributed by atoms with van der Waals surface area (Å²) in [6.45, 7) is 0. The molecule has 0 aromatic heterocycles. The van der Waals surface area contributed by atoms with Gasteiger partial charge in [0.25, 0.3) is 0 Å². The van der Waals surface area contributed by atoms with Crippen LogP contribution in [0.15, 0.2) is 0 Å². The molecule has 1 rings (SSSR count). The van der Waals surface area contributed by atoms with Crippen LogP contribution >= 0.6 is 0 Å². The standard InChI is InChI=1S/C9H12F3NO3/c10-9(11,12)8(16)13-6-4-2-1-3-5(6)7(14)15/h5-6H,1-4H2,(H,13,16)(H,14,15). The Bertz CT molecular complexity index is 290. The van der Waals surface area contributed by atoms with Crippen LogP contribution in [0.5, 0.6) is 0 Å². The zero-order valence-corrected chi connectivity index (χ0v) is 8.38. The number of halogens is 3. The van der Waals surface area contributed by atoms with E-state index in [1.54, 1.807) is 5.32 Å². The molecule has 1 fully saturated rings. The summed E-state index contributed by atoms with van der Waals surface area (Å²) < 4.78 is 35.9. The quantitative estimate of drug-likeness (QED) is 0.763. The maximum absolute atomic E-state index is 12.0. The molecular weight excluding hydrogens is 227 g/mol. The predicted octanol–water partition coefficient (Wildman–Crippen LogP) is 1.31. The van der Waals surface area contributed by atoms with E-state index in [2.05, 4.69) is 0 Å². The second-order valence-corrected chi connectivity index (χ2v) is 3.81. The molecule has 0 saturated heterocycles. The molecule has 0 bridgehead atoms. The third kappa shape index (κ3) is 3.11. The lowest BCUT2D eigenvalue weighted by Crippen LogP contribution is -2.49. The normalized spacial score (nSPS) is 26.2. The number of carbonyl (C=O) groups excluding carboxylic acids is 1. The molecule has 0 spiro atoms. The third-order valence-electron chi connectivity index (χ3n) is 2.66. The molecule has 1 aliphatic carbocycles. The van der Waals surface area contributed by atoms with Crippen molar-refractivity contribution in [1.82, 2.24) is 5.32 Å². The van der Waals surface area contributed by atoms with E-state index in [0.29, 0.717) is 19.3 Å². The first kappa shape index (κ1) is 12.8. The fraction of sp³-hybridized carbons (Fsp3) is 0.778. The Morgan fingerprint density at radius 3 is 2.25 bits per heavy atom. The molecule has 7 heteroatoms. The van der Waals surface area contributed by atoms with Gasteiger partial charge in [-0.25, -0.2) is 0 Å². The van der Waals surface area contributed by atoms with E-state index in [1.165, 1.54) is 0 Å². The SMILES string of the molecule is O=C(O)C1CCCCC1NC(=O)C(F)(F)F. The molecule has 4 nitrogen and oxygen atoms in total. The molecule has 92 valence electrons. The van der Waals surface area contributed by atoms with Gasteiger partial charge in [0, 0.05) is 6.04 Å². The zero-order valence-electron chi connectivity index (χ0n) is 8.38. The van der Waals surface area contributed by atoms with Crippen LogP contribution in [0.1, 0.15) is 25.7 Å². The summed E-state index contributed by atoms with van der Waals surface area (Å²) >= 11 is 0. The van der Waals surface area contributed by atoms with Gasteiger partial charge in [0.15, 0.2) is 0 Å². The van der Waals surface area contributed by atoms with E-state index < -0.39 is 30.0 Å². The molecule has 2 atom stereocenters. The summed E-state index contributed by atoms with van der Waals surface area (Å²) in [7, 11) is 0. The topological polar surface area (TPSA) is 66.4 Å². The highest BCUT2D eigenvalue weighted by Crippen LogP contribution is 2.26. The number of carbonyl (C=O) groups is 2. The first-order valence-corrected chi connectivity index (χ1v) is 4.93. The predicted molar refractivity (Wildman–Crippen MR) is 47.6 cm³/mol. The maximum atomic E-state index is 12.0. The van der Waals surface area contributed by atoms with Crippen molar-refractivity contribution in [3.63, 3.8) is 0 Å².